The molecule has 0 aromatic carbocycles. The fraction of sp³-hybridized carbons (Fsp3) is 1.00. The van der Waals surface area contributed by atoms with Crippen LogP contribution in [0.15, 0.2) is 0 Å². The third-order valence-electron chi connectivity index (χ3n) is 1.74. The first-order chi connectivity index (χ1) is 5.66. The first kappa shape index (κ1) is 12.3. The van der Waals surface area contributed by atoms with Gasteiger partial charge in [-0.05, 0) is 31.9 Å². The average Bonchev–Trinajstić information content (AvgIpc) is 1.98. The third-order valence-corrected chi connectivity index (χ3v) is 3.07. The van der Waals surface area contributed by atoms with Crippen molar-refractivity contribution < 1.29 is 5.11 Å². The topological polar surface area (TPSA) is 46.2 Å². The fourth-order valence-electron chi connectivity index (χ4n) is 0.955. The normalized spacial score (nSPS) is 16.0. The van der Waals surface area contributed by atoms with E-state index in [-0.39, 0.29) is 0 Å². The summed E-state index contributed by atoms with van der Waals surface area (Å²) in [4.78, 5) is 0. The molecule has 2 nitrogen and oxygen atoms in total. The molecule has 0 aliphatic rings. The zero-order valence-corrected chi connectivity index (χ0v) is 8.94. The highest BCUT2D eigenvalue weighted by molar-refractivity contribution is 7.99. The van der Waals surface area contributed by atoms with E-state index in [1.165, 1.54) is 12.2 Å². The van der Waals surface area contributed by atoms with E-state index in [1.807, 2.05) is 18.7 Å². The molecule has 0 rings (SSSR count). The molecule has 0 fully saturated rings. The van der Waals surface area contributed by atoms with Gasteiger partial charge in [-0.1, -0.05) is 6.92 Å². The molecule has 0 saturated carbocycles. The van der Waals surface area contributed by atoms with Gasteiger partial charge in [0.25, 0.3) is 0 Å². The van der Waals surface area contributed by atoms with Crippen LogP contribution in [0.25, 0.3) is 0 Å². The van der Waals surface area contributed by atoms with Crippen molar-refractivity contribution >= 4 is 11.8 Å². The zero-order valence-electron chi connectivity index (χ0n) is 8.12. The lowest BCUT2D eigenvalue weighted by molar-refractivity contribution is 0.289. The molecule has 0 radical (unpaired) electrons. The molecule has 0 aliphatic heterocycles. The minimum atomic E-state index is 0.307. The van der Waals surface area contributed by atoms with Crippen molar-refractivity contribution in [3.8, 4) is 0 Å². The van der Waals surface area contributed by atoms with Gasteiger partial charge in [0.1, 0.15) is 0 Å². The van der Waals surface area contributed by atoms with E-state index >= 15 is 0 Å². The lowest BCUT2D eigenvalue weighted by Crippen LogP contribution is -2.14. The molecule has 0 aliphatic carbocycles. The van der Waals surface area contributed by atoms with Crippen LogP contribution in [0, 0.1) is 0 Å². The molecule has 0 heterocycles. The molecular formula is C9H21NOS. The van der Waals surface area contributed by atoms with Crippen molar-refractivity contribution in [3.05, 3.63) is 0 Å². The van der Waals surface area contributed by atoms with Crippen molar-refractivity contribution in [2.24, 2.45) is 5.73 Å². The quantitative estimate of drug-likeness (QED) is 0.601. The van der Waals surface area contributed by atoms with Gasteiger partial charge in [0.2, 0.25) is 0 Å². The van der Waals surface area contributed by atoms with Gasteiger partial charge in [0.05, 0.1) is 0 Å². The summed E-state index contributed by atoms with van der Waals surface area (Å²) in [5.41, 5.74) is 5.62. The third kappa shape index (κ3) is 8.37. The molecule has 0 aromatic heterocycles. The summed E-state index contributed by atoms with van der Waals surface area (Å²) in [6.45, 7) is 4.51. The summed E-state index contributed by atoms with van der Waals surface area (Å²) < 4.78 is 0. The second-order valence-corrected chi connectivity index (χ2v) is 4.86. The van der Waals surface area contributed by atoms with Gasteiger partial charge in [-0.15, -0.1) is 0 Å². The van der Waals surface area contributed by atoms with Crippen molar-refractivity contribution in [1.29, 1.82) is 0 Å². The highest BCUT2D eigenvalue weighted by Gasteiger charge is 2.01. The highest BCUT2D eigenvalue weighted by atomic mass is 32.2. The summed E-state index contributed by atoms with van der Waals surface area (Å²) in [5, 5.41) is 9.23. The lowest BCUT2D eigenvalue weighted by Gasteiger charge is -2.09. The number of rotatable bonds is 7. The molecule has 0 saturated heterocycles. The van der Waals surface area contributed by atoms with Gasteiger partial charge in [-0.25, -0.2) is 0 Å². The van der Waals surface area contributed by atoms with Crippen LogP contribution >= 0.6 is 11.8 Å². The molecule has 12 heavy (non-hydrogen) atoms. The van der Waals surface area contributed by atoms with Crippen molar-refractivity contribution in [1.82, 2.24) is 0 Å². The Morgan fingerprint density at radius 3 is 2.50 bits per heavy atom. The number of hydrogen-bond donors (Lipinski definition) is 2. The van der Waals surface area contributed by atoms with E-state index in [0.29, 0.717) is 17.9 Å². The minimum Gasteiger partial charge on any atom is -0.396 e. The Kier molecular flexibility index (Phi) is 8.07. The summed E-state index contributed by atoms with van der Waals surface area (Å²) in [5.74, 6) is 1.17. The maximum Gasteiger partial charge on any atom is 0.0441 e. The Balaban J connectivity index is 3.08. The SMILES string of the molecule is CC(N)CCCSC(C)CCO. The largest absolute Gasteiger partial charge is 0.396 e. The van der Waals surface area contributed by atoms with Gasteiger partial charge in [0, 0.05) is 17.9 Å². The average molecular weight is 191 g/mol. The van der Waals surface area contributed by atoms with Gasteiger partial charge in [-0.2, -0.15) is 11.8 Å². The minimum absolute atomic E-state index is 0.307. The maximum absolute atomic E-state index is 8.65. The maximum atomic E-state index is 8.65. The molecule has 3 N–H and O–H groups in total. The van der Waals surface area contributed by atoms with Crippen molar-refractivity contribution in [3.63, 3.8) is 0 Å². The fourth-order valence-corrected chi connectivity index (χ4v) is 1.96. The van der Waals surface area contributed by atoms with Crippen LogP contribution in [0.4, 0.5) is 0 Å². The van der Waals surface area contributed by atoms with Crippen LogP contribution in [0.2, 0.25) is 0 Å². The van der Waals surface area contributed by atoms with E-state index in [0.717, 1.165) is 12.8 Å². The van der Waals surface area contributed by atoms with Crippen LogP contribution in [0.5, 0.6) is 0 Å². The Morgan fingerprint density at radius 2 is 2.00 bits per heavy atom. The van der Waals surface area contributed by atoms with Crippen LogP contribution in [0.3, 0.4) is 0 Å². The first-order valence-corrected chi connectivity index (χ1v) is 5.69. The van der Waals surface area contributed by atoms with Crippen LogP contribution in [-0.4, -0.2) is 28.8 Å². The summed E-state index contributed by atoms with van der Waals surface area (Å²) in [7, 11) is 0. The highest BCUT2D eigenvalue weighted by Crippen LogP contribution is 2.15. The van der Waals surface area contributed by atoms with Gasteiger partial charge in [0.15, 0.2) is 0 Å². The molecule has 2 unspecified atom stereocenters. The summed E-state index contributed by atoms with van der Waals surface area (Å²) >= 11 is 1.93. The predicted molar refractivity (Wildman–Crippen MR) is 56.5 cm³/mol. The van der Waals surface area contributed by atoms with E-state index in [2.05, 4.69) is 6.92 Å². The molecular weight excluding hydrogens is 170 g/mol. The standard InChI is InChI=1S/C9H21NOS/c1-8(10)4-3-7-12-9(2)5-6-11/h8-9,11H,3-7,10H2,1-2H3. The van der Waals surface area contributed by atoms with E-state index in [9.17, 15) is 0 Å². The molecule has 0 bridgehead atoms. The summed E-state index contributed by atoms with van der Waals surface area (Å²) in [6, 6.07) is 0.332. The monoisotopic (exact) mass is 191 g/mol. The Bertz CT molecular complexity index is 98.5. The molecule has 2 atom stereocenters. The molecule has 3 heteroatoms. The van der Waals surface area contributed by atoms with Crippen LogP contribution in [0.1, 0.15) is 33.1 Å². The van der Waals surface area contributed by atoms with Crippen molar-refractivity contribution in [2.75, 3.05) is 12.4 Å². The Morgan fingerprint density at radius 1 is 1.33 bits per heavy atom. The van der Waals surface area contributed by atoms with Crippen molar-refractivity contribution in [2.45, 2.75) is 44.4 Å². The first-order valence-electron chi connectivity index (χ1n) is 4.65. The van der Waals surface area contributed by atoms with E-state index in [1.54, 1.807) is 0 Å². The number of nitrogens with two attached hydrogens (primary N) is 1. The lowest BCUT2D eigenvalue weighted by atomic mass is 10.2. The second-order valence-electron chi connectivity index (χ2n) is 3.31. The smallest absolute Gasteiger partial charge is 0.0441 e. The van der Waals surface area contributed by atoms with Gasteiger partial charge in [-0.3, -0.25) is 0 Å². The molecule has 0 spiro atoms. The zero-order chi connectivity index (χ0) is 9.40. The Hall–Kier alpha value is 0.270. The number of thioether (sulfide) groups is 1. The van der Waals surface area contributed by atoms with Gasteiger partial charge >= 0.3 is 0 Å². The molecule has 0 aromatic rings. The molecule has 74 valence electrons. The van der Waals surface area contributed by atoms with E-state index in [4.69, 9.17) is 10.8 Å². The van der Waals surface area contributed by atoms with E-state index < -0.39 is 0 Å². The Labute approximate surface area is 79.9 Å². The second kappa shape index (κ2) is 7.90. The molecule has 0 amide bonds. The number of aliphatic hydroxyl groups excluding tert-OH is 1. The van der Waals surface area contributed by atoms with Crippen LogP contribution < -0.4 is 5.73 Å². The van der Waals surface area contributed by atoms with Crippen LogP contribution in [-0.2, 0) is 0 Å². The number of hydrogen-bond acceptors (Lipinski definition) is 3. The van der Waals surface area contributed by atoms with Gasteiger partial charge < -0.3 is 10.8 Å². The summed E-state index contributed by atoms with van der Waals surface area (Å²) in [6.07, 6.45) is 3.21. The predicted octanol–water partition coefficient (Wildman–Crippen LogP) is 1.62. The number of aliphatic hydroxyl groups is 1.